The van der Waals surface area contributed by atoms with Gasteiger partial charge in [-0.2, -0.15) is 0 Å². The number of carbonyl (C=O) groups is 1. The zero-order valence-electron chi connectivity index (χ0n) is 16.4. The summed E-state index contributed by atoms with van der Waals surface area (Å²) < 4.78 is 5.97. The molecule has 2 rings (SSSR count). The van der Waals surface area contributed by atoms with Crippen molar-refractivity contribution in [1.82, 2.24) is 15.3 Å². The molecule has 150 valence electrons. The van der Waals surface area contributed by atoms with Gasteiger partial charge in [0, 0.05) is 18.7 Å². The number of hydrogen-bond acceptors (Lipinski definition) is 3. The SMILES string of the molecule is CCCCCCOC1CCC(NC(=O)c2cnc(/C(C)=C\C(=[NH2+])Cl)[nH]2)CC1. The predicted molar refractivity (Wildman–Crippen MR) is 109 cm³/mol. The normalized spacial score (nSPS) is 20.5. The minimum Gasteiger partial charge on any atom is -0.378 e. The Bertz CT molecular complexity index is 648. The van der Waals surface area contributed by atoms with Crippen LogP contribution in [0.4, 0.5) is 0 Å². The zero-order valence-corrected chi connectivity index (χ0v) is 17.1. The summed E-state index contributed by atoms with van der Waals surface area (Å²) in [5.41, 5.74) is 1.22. The summed E-state index contributed by atoms with van der Waals surface area (Å²) in [7, 11) is 0. The molecule has 1 saturated carbocycles. The second-order valence-electron chi connectivity index (χ2n) is 7.24. The second-order valence-corrected chi connectivity index (χ2v) is 7.67. The first-order valence-electron chi connectivity index (χ1n) is 9.93. The number of ether oxygens (including phenoxy) is 1. The molecule has 0 spiro atoms. The summed E-state index contributed by atoms with van der Waals surface area (Å²) in [6.07, 6.45) is 12.3. The van der Waals surface area contributed by atoms with Crippen LogP contribution in [0.1, 0.15) is 81.5 Å². The van der Waals surface area contributed by atoms with E-state index in [1.54, 1.807) is 6.08 Å². The number of unbranched alkanes of at least 4 members (excludes halogenated alkanes) is 3. The zero-order chi connectivity index (χ0) is 19.6. The van der Waals surface area contributed by atoms with Crippen molar-refractivity contribution in [3.8, 4) is 0 Å². The number of nitrogens with zero attached hydrogens (tertiary/aromatic N) is 1. The molecule has 1 fully saturated rings. The first-order valence-corrected chi connectivity index (χ1v) is 10.3. The number of amides is 1. The van der Waals surface area contributed by atoms with Gasteiger partial charge in [0.1, 0.15) is 11.5 Å². The molecular weight excluding hydrogens is 364 g/mol. The van der Waals surface area contributed by atoms with Crippen LogP contribution in [0.15, 0.2) is 12.3 Å². The van der Waals surface area contributed by atoms with Crippen LogP contribution in [-0.2, 0) is 4.74 Å². The summed E-state index contributed by atoms with van der Waals surface area (Å²) in [5, 5.41) is 8.73. The number of aromatic nitrogens is 2. The molecule has 1 aliphatic carbocycles. The molecule has 6 nitrogen and oxygen atoms in total. The van der Waals surface area contributed by atoms with E-state index in [1.165, 1.54) is 25.5 Å². The number of halogens is 1. The Balaban J connectivity index is 1.73. The van der Waals surface area contributed by atoms with Crippen molar-refractivity contribution in [2.24, 2.45) is 0 Å². The molecule has 0 radical (unpaired) electrons. The fraction of sp³-hybridized carbons (Fsp3) is 0.650. The molecule has 0 atom stereocenters. The highest BCUT2D eigenvalue weighted by Gasteiger charge is 2.23. The smallest absolute Gasteiger partial charge is 0.269 e. The van der Waals surface area contributed by atoms with Gasteiger partial charge in [0.2, 0.25) is 0 Å². The third-order valence-electron chi connectivity index (χ3n) is 4.91. The second kappa shape index (κ2) is 11.2. The van der Waals surface area contributed by atoms with Crippen molar-refractivity contribution in [3.05, 3.63) is 23.8 Å². The number of H-pyrrole nitrogens is 1. The molecule has 27 heavy (non-hydrogen) atoms. The Morgan fingerprint density at radius 3 is 2.78 bits per heavy atom. The predicted octanol–water partition coefficient (Wildman–Crippen LogP) is 2.85. The van der Waals surface area contributed by atoms with Crippen LogP contribution in [0, 0.1) is 0 Å². The van der Waals surface area contributed by atoms with Crippen LogP contribution in [0.3, 0.4) is 0 Å². The first kappa shape index (κ1) is 21.6. The van der Waals surface area contributed by atoms with Crippen LogP contribution in [0.25, 0.3) is 5.57 Å². The number of nitrogens with one attached hydrogen (secondary N) is 2. The average Bonchev–Trinajstić information content (AvgIpc) is 3.13. The summed E-state index contributed by atoms with van der Waals surface area (Å²) in [6, 6.07) is 0.188. The number of allylic oxidation sites excluding steroid dienone is 2. The van der Waals surface area contributed by atoms with Crippen LogP contribution < -0.4 is 10.7 Å². The van der Waals surface area contributed by atoms with Crippen molar-refractivity contribution in [3.63, 3.8) is 0 Å². The lowest BCUT2D eigenvalue weighted by Gasteiger charge is -2.29. The highest BCUT2D eigenvalue weighted by Crippen LogP contribution is 2.22. The molecule has 1 aliphatic rings. The van der Waals surface area contributed by atoms with Crippen molar-refractivity contribution < 1.29 is 14.9 Å². The highest BCUT2D eigenvalue weighted by atomic mass is 35.5. The number of nitrogens with two attached hydrogens (primary N) is 1. The van der Waals surface area contributed by atoms with Gasteiger partial charge in [-0.05, 0) is 56.2 Å². The molecule has 0 unspecified atom stereocenters. The van der Waals surface area contributed by atoms with Gasteiger partial charge >= 0.3 is 0 Å². The summed E-state index contributed by atoms with van der Waals surface area (Å²) in [6.45, 7) is 4.90. The molecular formula is C20H32ClN4O2+. The molecule has 4 N–H and O–H groups in total. The van der Waals surface area contributed by atoms with Crippen molar-refractivity contribution in [2.45, 2.75) is 77.4 Å². The monoisotopic (exact) mass is 395 g/mol. The van der Waals surface area contributed by atoms with Gasteiger partial charge in [-0.25, -0.2) is 10.4 Å². The lowest BCUT2D eigenvalue weighted by atomic mass is 9.93. The molecule has 0 bridgehead atoms. The first-order chi connectivity index (χ1) is 13.0. The molecule has 1 heterocycles. The van der Waals surface area contributed by atoms with Gasteiger partial charge in [0.15, 0.2) is 0 Å². The topological polar surface area (TPSA) is 92.6 Å². The third kappa shape index (κ3) is 7.46. The molecule has 1 amide bonds. The van der Waals surface area contributed by atoms with E-state index in [4.69, 9.17) is 21.7 Å². The maximum absolute atomic E-state index is 12.4. The van der Waals surface area contributed by atoms with E-state index in [0.717, 1.165) is 44.3 Å². The Morgan fingerprint density at radius 1 is 1.37 bits per heavy atom. The van der Waals surface area contributed by atoms with E-state index < -0.39 is 0 Å². The van der Waals surface area contributed by atoms with E-state index in [2.05, 4.69) is 22.2 Å². The number of imidazole rings is 1. The van der Waals surface area contributed by atoms with Gasteiger partial charge in [-0.3, -0.25) is 4.79 Å². The highest BCUT2D eigenvalue weighted by molar-refractivity contribution is 6.66. The fourth-order valence-corrected chi connectivity index (χ4v) is 3.49. The van der Waals surface area contributed by atoms with Crippen LogP contribution in [0.2, 0.25) is 0 Å². The molecule has 0 aromatic carbocycles. The van der Waals surface area contributed by atoms with E-state index >= 15 is 0 Å². The van der Waals surface area contributed by atoms with Gasteiger partial charge in [-0.1, -0.05) is 26.2 Å². The van der Waals surface area contributed by atoms with Crippen LogP contribution in [-0.4, -0.2) is 39.8 Å². The van der Waals surface area contributed by atoms with Crippen molar-refractivity contribution in [1.29, 1.82) is 0 Å². The van der Waals surface area contributed by atoms with Gasteiger partial charge < -0.3 is 15.0 Å². The van der Waals surface area contributed by atoms with E-state index in [9.17, 15) is 4.79 Å². The standard InChI is InChI=1S/C20H31ClN4O2/c1-3-4-5-6-11-27-16-9-7-15(8-10-16)24-20(26)17-13-23-19(25-17)14(2)12-18(21)22/h12-13,15-16,22H,3-11H2,1-2H3,(H,23,25)(H,24,26)/p+1/b14-12-,22-18?. The Labute approximate surface area is 166 Å². The summed E-state index contributed by atoms with van der Waals surface area (Å²) >= 11 is 5.67. The maximum Gasteiger partial charge on any atom is 0.269 e. The molecule has 1 aromatic rings. The minimum absolute atomic E-state index is 0.131. The third-order valence-corrected chi connectivity index (χ3v) is 5.02. The molecule has 0 aliphatic heterocycles. The summed E-state index contributed by atoms with van der Waals surface area (Å²) in [5.74, 6) is 0.456. The quantitative estimate of drug-likeness (QED) is 0.420. The molecule has 0 saturated heterocycles. The lowest BCUT2D eigenvalue weighted by molar-refractivity contribution is -0.107. The lowest BCUT2D eigenvalue weighted by Crippen LogP contribution is -2.39. The van der Waals surface area contributed by atoms with E-state index in [0.29, 0.717) is 17.6 Å². The largest absolute Gasteiger partial charge is 0.378 e. The number of aromatic amines is 1. The van der Waals surface area contributed by atoms with Gasteiger partial charge in [0.25, 0.3) is 11.1 Å². The van der Waals surface area contributed by atoms with Crippen molar-refractivity contribution in [2.75, 3.05) is 6.61 Å². The van der Waals surface area contributed by atoms with Crippen molar-refractivity contribution >= 4 is 28.3 Å². The van der Waals surface area contributed by atoms with Gasteiger partial charge in [-0.15, -0.1) is 0 Å². The summed E-state index contributed by atoms with van der Waals surface area (Å²) in [4.78, 5) is 19.7. The van der Waals surface area contributed by atoms with Crippen LogP contribution >= 0.6 is 11.6 Å². The van der Waals surface area contributed by atoms with Crippen LogP contribution in [0.5, 0.6) is 0 Å². The minimum atomic E-state index is -0.131. The van der Waals surface area contributed by atoms with E-state index in [1.807, 2.05) is 6.92 Å². The Morgan fingerprint density at radius 2 is 2.11 bits per heavy atom. The van der Waals surface area contributed by atoms with Gasteiger partial charge in [0.05, 0.1) is 12.3 Å². The maximum atomic E-state index is 12.4. The number of hydrogen-bond donors (Lipinski definition) is 3. The molecule has 7 heteroatoms. The average molecular weight is 396 g/mol. The fourth-order valence-electron chi connectivity index (χ4n) is 3.33. The number of rotatable bonds is 10. The molecule has 1 aromatic heterocycles. The van der Waals surface area contributed by atoms with E-state index in [-0.39, 0.29) is 17.1 Å². The Hall–Kier alpha value is -1.66. The number of carbonyl (C=O) groups excluding carboxylic acids is 1. The Kier molecular flexibility index (Phi) is 9.01.